The molecule has 0 aromatic heterocycles. The number of carbonyl (C=O) groups is 1. The van der Waals surface area contributed by atoms with Crippen LogP contribution < -0.4 is 0 Å². The molecule has 0 atom stereocenters. The van der Waals surface area contributed by atoms with Crippen molar-refractivity contribution in [1.29, 1.82) is 0 Å². The summed E-state index contributed by atoms with van der Waals surface area (Å²) in [6.07, 6.45) is 6.04. The minimum absolute atomic E-state index is 0.343. The van der Waals surface area contributed by atoms with Gasteiger partial charge in [-0.1, -0.05) is 36.4 Å². The zero-order valence-electron chi connectivity index (χ0n) is 7.60. The Balaban J connectivity index is 2.51. The quantitative estimate of drug-likeness (QED) is 0.730. The van der Waals surface area contributed by atoms with Crippen molar-refractivity contribution in [2.45, 2.75) is 6.42 Å². The first-order valence-electron chi connectivity index (χ1n) is 4.47. The maximum atomic E-state index is 10.8. The predicted octanol–water partition coefficient (Wildman–Crippen LogP) is 2.27. The van der Waals surface area contributed by atoms with E-state index in [1.165, 1.54) is 5.56 Å². The highest BCUT2D eigenvalue weighted by Gasteiger charge is 2.08. The molecular formula is C12H10O2. The van der Waals surface area contributed by atoms with Crippen molar-refractivity contribution < 1.29 is 9.90 Å². The van der Waals surface area contributed by atoms with Crippen LogP contribution in [0.15, 0.2) is 42.0 Å². The minimum Gasteiger partial charge on any atom is -0.478 e. The van der Waals surface area contributed by atoms with Gasteiger partial charge in [0.15, 0.2) is 0 Å². The molecule has 1 aromatic carbocycles. The summed E-state index contributed by atoms with van der Waals surface area (Å²) in [5.41, 5.74) is 2.50. The standard InChI is InChI=1S/C12H10O2/c13-12(14)11-7-3-6-9-4-1-2-5-10(9)8-11/h1-5,7-8H,6H2,(H,13,14). The van der Waals surface area contributed by atoms with Crippen LogP contribution in [0, 0.1) is 0 Å². The van der Waals surface area contributed by atoms with E-state index in [0.717, 1.165) is 12.0 Å². The van der Waals surface area contributed by atoms with Gasteiger partial charge in [0.25, 0.3) is 0 Å². The van der Waals surface area contributed by atoms with Gasteiger partial charge in [-0.2, -0.15) is 0 Å². The summed E-state index contributed by atoms with van der Waals surface area (Å²) < 4.78 is 0. The van der Waals surface area contributed by atoms with Crippen LogP contribution in [0.3, 0.4) is 0 Å². The van der Waals surface area contributed by atoms with E-state index >= 15 is 0 Å². The predicted molar refractivity (Wildman–Crippen MR) is 54.9 cm³/mol. The van der Waals surface area contributed by atoms with Crippen molar-refractivity contribution >= 4 is 12.0 Å². The number of hydrogen-bond donors (Lipinski definition) is 1. The summed E-state index contributed by atoms with van der Waals surface area (Å²) in [4.78, 5) is 10.8. The number of hydrogen-bond acceptors (Lipinski definition) is 1. The lowest BCUT2D eigenvalue weighted by molar-refractivity contribution is -0.132. The molecule has 0 heterocycles. The fourth-order valence-electron chi connectivity index (χ4n) is 1.52. The zero-order valence-corrected chi connectivity index (χ0v) is 7.60. The molecule has 1 aliphatic carbocycles. The largest absolute Gasteiger partial charge is 0.478 e. The highest BCUT2D eigenvalue weighted by molar-refractivity contribution is 5.95. The molecule has 1 aromatic rings. The van der Waals surface area contributed by atoms with E-state index in [-0.39, 0.29) is 0 Å². The number of fused-ring (bicyclic) bond motifs is 1. The van der Waals surface area contributed by atoms with Gasteiger partial charge in [-0.15, -0.1) is 0 Å². The van der Waals surface area contributed by atoms with Crippen molar-refractivity contribution in [3.8, 4) is 0 Å². The Morgan fingerprint density at radius 1 is 1.29 bits per heavy atom. The molecule has 0 fully saturated rings. The van der Waals surface area contributed by atoms with Crippen molar-refractivity contribution in [1.82, 2.24) is 0 Å². The van der Waals surface area contributed by atoms with Crippen molar-refractivity contribution in [3.05, 3.63) is 53.1 Å². The number of aliphatic carboxylic acids is 1. The Kier molecular flexibility index (Phi) is 2.19. The van der Waals surface area contributed by atoms with Crippen molar-refractivity contribution in [3.63, 3.8) is 0 Å². The Labute approximate surface area is 82.2 Å². The molecule has 2 rings (SSSR count). The van der Waals surface area contributed by atoms with Crippen LogP contribution in [0.1, 0.15) is 11.1 Å². The van der Waals surface area contributed by atoms with E-state index in [1.54, 1.807) is 12.2 Å². The third-order valence-corrected chi connectivity index (χ3v) is 2.25. The number of rotatable bonds is 1. The van der Waals surface area contributed by atoms with Crippen LogP contribution in [0.5, 0.6) is 0 Å². The smallest absolute Gasteiger partial charge is 0.335 e. The van der Waals surface area contributed by atoms with E-state index in [2.05, 4.69) is 0 Å². The lowest BCUT2D eigenvalue weighted by atomic mass is 10.1. The fourth-order valence-corrected chi connectivity index (χ4v) is 1.52. The molecule has 0 bridgehead atoms. The monoisotopic (exact) mass is 186 g/mol. The lowest BCUT2D eigenvalue weighted by Gasteiger charge is -2.00. The first-order valence-corrected chi connectivity index (χ1v) is 4.47. The van der Waals surface area contributed by atoms with E-state index in [4.69, 9.17) is 5.11 Å². The highest BCUT2D eigenvalue weighted by atomic mass is 16.4. The molecule has 0 unspecified atom stereocenters. The second kappa shape index (κ2) is 3.50. The van der Waals surface area contributed by atoms with Crippen LogP contribution >= 0.6 is 0 Å². The van der Waals surface area contributed by atoms with E-state index in [1.807, 2.05) is 30.3 Å². The lowest BCUT2D eigenvalue weighted by Crippen LogP contribution is -1.96. The third-order valence-electron chi connectivity index (χ3n) is 2.25. The van der Waals surface area contributed by atoms with Gasteiger partial charge in [-0.05, 0) is 23.6 Å². The van der Waals surface area contributed by atoms with Gasteiger partial charge in [0.05, 0.1) is 5.57 Å². The molecule has 0 radical (unpaired) electrons. The van der Waals surface area contributed by atoms with Crippen LogP contribution in [-0.4, -0.2) is 11.1 Å². The number of carboxylic acid groups (broad SMARTS) is 1. The zero-order chi connectivity index (χ0) is 9.97. The Bertz CT molecular complexity index is 428. The molecule has 1 N–H and O–H groups in total. The van der Waals surface area contributed by atoms with E-state index < -0.39 is 5.97 Å². The molecule has 14 heavy (non-hydrogen) atoms. The maximum absolute atomic E-state index is 10.8. The summed E-state index contributed by atoms with van der Waals surface area (Å²) in [7, 11) is 0. The second-order valence-electron chi connectivity index (χ2n) is 3.21. The number of allylic oxidation sites excluding steroid dienone is 1. The molecular weight excluding hydrogens is 176 g/mol. The normalized spacial score (nSPS) is 14.1. The van der Waals surface area contributed by atoms with Crippen molar-refractivity contribution in [2.24, 2.45) is 0 Å². The molecule has 0 saturated carbocycles. The van der Waals surface area contributed by atoms with E-state index in [9.17, 15) is 4.79 Å². The topological polar surface area (TPSA) is 37.3 Å². The van der Waals surface area contributed by atoms with E-state index in [0.29, 0.717) is 5.57 Å². The van der Waals surface area contributed by atoms with Gasteiger partial charge in [-0.3, -0.25) is 0 Å². The Hall–Kier alpha value is -1.83. The molecule has 0 amide bonds. The summed E-state index contributed by atoms with van der Waals surface area (Å²) >= 11 is 0. The SMILES string of the molecule is O=C(O)C1=Cc2ccccc2CC=C1. The first-order chi connectivity index (χ1) is 6.77. The van der Waals surface area contributed by atoms with Gasteiger partial charge >= 0.3 is 5.97 Å². The molecule has 0 spiro atoms. The molecule has 2 nitrogen and oxygen atoms in total. The molecule has 0 saturated heterocycles. The number of carboxylic acids is 1. The summed E-state index contributed by atoms with van der Waals surface area (Å²) in [6, 6.07) is 7.83. The molecule has 2 heteroatoms. The third kappa shape index (κ3) is 1.59. The van der Waals surface area contributed by atoms with Gasteiger partial charge in [-0.25, -0.2) is 4.79 Å². The Morgan fingerprint density at radius 2 is 2.07 bits per heavy atom. The average Bonchev–Trinajstić information content (AvgIpc) is 2.39. The Morgan fingerprint density at radius 3 is 2.86 bits per heavy atom. The maximum Gasteiger partial charge on any atom is 0.335 e. The minimum atomic E-state index is -0.877. The van der Waals surface area contributed by atoms with Gasteiger partial charge < -0.3 is 5.11 Å². The number of benzene rings is 1. The van der Waals surface area contributed by atoms with Gasteiger partial charge in [0.2, 0.25) is 0 Å². The van der Waals surface area contributed by atoms with Crippen LogP contribution in [0.4, 0.5) is 0 Å². The highest BCUT2D eigenvalue weighted by Crippen LogP contribution is 2.18. The first kappa shape index (κ1) is 8.75. The summed E-state index contributed by atoms with van der Waals surface area (Å²) in [5.74, 6) is -0.877. The van der Waals surface area contributed by atoms with Crippen LogP contribution in [-0.2, 0) is 11.2 Å². The van der Waals surface area contributed by atoms with Gasteiger partial charge in [0.1, 0.15) is 0 Å². The van der Waals surface area contributed by atoms with Crippen LogP contribution in [0.25, 0.3) is 6.08 Å². The van der Waals surface area contributed by atoms with Gasteiger partial charge in [0, 0.05) is 0 Å². The summed E-state index contributed by atoms with van der Waals surface area (Å²) in [6.45, 7) is 0. The fraction of sp³-hybridized carbons (Fsp3) is 0.0833. The second-order valence-corrected chi connectivity index (χ2v) is 3.21. The average molecular weight is 186 g/mol. The molecule has 0 aliphatic heterocycles. The van der Waals surface area contributed by atoms with Crippen molar-refractivity contribution in [2.75, 3.05) is 0 Å². The molecule has 1 aliphatic rings. The summed E-state index contributed by atoms with van der Waals surface area (Å²) in [5, 5.41) is 8.87. The molecule has 70 valence electrons. The van der Waals surface area contributed by atoms with Crippen LogP contribution in [0.2, 0.25) is 0 Å².